The quantitative estimate of drug-likeness (QED) is 0.702. The number of rotatable bonds is 4. The summed E-state index contributed by atoms with van der Waals surface area (Å²) >= 11 is 0. The number of nitrogens with zero attached hydrogens (tertiary/aromatic N) is 1. The number of H-pyrrole nitrogens is 1. The molecule has 0 spiro atoms. The Morgan fingerprint density at radius 2 is 1.72 bits per heavy atom. The molecule has 0 fully saturated rings. The van der Waals surface area contributed by atoms with E-state index in [1.54, 1.807) is 19.1 Å². The fourth-order valence-electron chi connectivity index (χ4n) is 2.73. The molecule has 3 rings (SSSR count). The monoisotopic (exact) mass is 403 g/mol. The maximum absolute atomic E-state index is 12.7. The molecular formula is C20H16F3N3O3. The van der Waals surface area contributed by atoms with Crippen LogP contribution >= 0.6 is 0 Å². The number of hydrogen-bond acceptors (Lipinski definition) is 3. The number of halogens is 3. The Labute approximate surface area is 162 Å². The molecule has 6 nitrogen and oxygen atoms in total. The van der Waals surface area contributed by atoms with Crippen molar-refractivity contribution in [2.24, 2.45) is 0 Å². The van der Waals surface area contributed by atoms with Gasteiger partial charge in [-0.2, -0.15) is 13.2 Å². The molecule has 0 aliphatic carbocycles. The SMILES string of the molecule is C[C@H](NC(=O)c1cccc(-n2[nH]c(=O)ccc2=O)c1)c1ccc(C(F)(F)F)cc1. The zero-order valence-electron chi connectivity index (χ0n) is 15.2. The highest BCUT2D eigenvalue weighted by Gasteiger charge is 2.30. The molecule has 0 saturated carbocycles. The number of aromatic amines is 1. The number of benzene rings is 2. The van der Waals surface area contributed by atoms with E-state index >= 15 is 0 Å². The molecule has 3 aromatic rings. The molecule has 150 valence electrons. The third-order valence-electron chi connectivity index (χ3n) is 4.27. The number of alkyl halides is 3. The third kappa shape index (κ3) is 4.63. The average molecular weight is 403 g/mol. The highest BCUT2D eigenvalue weighted by atomic mass is 19.4. The average Bonchev–Trinajstić information content (AvgIpc) is 2.69. The van der Waals surface area contributed by atoms with Gasteiger partial charge in [-0.1, -0.05) is 18.2 Å². The lowest BCUT2D eigenvalue weighted by atomic mass is 10.1. The van der Waals surface area contributed by atoms with Gasteiger partial charge < -0.3 is 5.32 Å². The van der Waals surface area contributed by atoms with Crippen LogP contribution in [0.15, 0.2) is 70.3 Å². The van der Waals surface area contributed by atoms with Gasteiger partial charge in [0.05, 0.1) is 17.3 Å². The van der Waals surface area contributed by atoms with Crippen molar-refractivity contribution in [2.75, 3.05) is 0 Å². The van der Waals surface area contributed by atoms with Gasteiger partial charge in [0.25, 0.3) is 17.0 Å². The Morgan fingerprint density at radius 3 is 2.38 bits per heavy atom. The fourth-order valence-corrected chi connectivity index (χ4v) is 2.73. The van der Waals surface area contributed by atoms with Crippen LogP contribution in [0.1, 0.15) is 34.5 Å². The predicted molar refractivity (Wildman–Crippen MR) is 100.0 cm³/mol. The van der Waals surface area contributed by atoms with Gasteiger partial charge >= 0.3 is 6.18 Å². The molecule has 1 heterocycles. The predicted octanol–water partition coefficient (Wildman–Crippen LogP) is 3.04. The number of nitrogens with one attached hydrogen (secondary N) is 2. The Bertz CT molecular complexity index is 1150. The van der Waals surface area contributed by atoms with Crippen LogP contribution in [0, 0.1) is 0 Å². The van der Waals surface area contributed by atoms with Gasteiger partial charge in [-0.05, 0) is 42.8 Å². The minimum Gasteiger partial charge on any atom is -0.346 e. The normalized spacial score (nSPS) is 12.4. The maximum atomic E-state index is 12.7. The van der Waals surface area contributed by atoms with Crippen molar-refractivity contribution in [1.29, 1.82) is 0 Å². The number of aromatic nitrogens is 2. The second kappa shape index (κ2) is 7.78. The summed E-state index contributed by atoms with van der Waals surface area (Å²) in [4.78, 5) is 35.9. The van der Waals surface area contributed by atoms with E-state index < -0.39 is 34.8 Å². The van der Waals surface area contributed by atoms with E-state index in [1.165, 1.54) is 24.3 Å². The Kier molecular flexibility index (Phi) is 5.40. The molecule has 0 radical (unpaired) electrons. The zero-order valence-corrected chi connectivity index (χ0v) is 15.2. The second-order valence-corrected chi connectivity index (χ2v) is 6.35. The van der Waals surface area contributed by atoms with Crippen molar-refractivity contribution < 1.29 is 18.0 Å². The molecule has 0 unspecified atom stereocenters. The summed E-state index contributed by atoms with van der Waals surface area (Å²) in [6, 6.07) is 12.2. The molecule has 2 N–H and O–H groups in total. The van der Waals surface area contributed by atoms with Crippen LogP contribution in [0.3, 0.4) is 0 Å². The first kappa shape index (κ1) is 20.1. The zero-order chi connectivity index (χ0) is 21.2. The summed E-state index contributed by atoms with van der Waals surface area (Å²) in [5.74, 6) is -0.481. The molecule has 29 heavy (non-hydrogen) atoms. The van der Waals surface area contributed by atoms with E-state index in [9.17, 15) is 27.6 Å². The molecule has 2 aromatic carbocycles. The first-order valence-electron chi connectivity index (χ1n) is 8.56. The lowest BCUT2D eigenvalue weighted by Crippen LogP contribution is -2.28. The van der Waals surface area contributed by atoms with E-state index in [1.807, 2.05) is 0 Å². The van der Waals surface area contributed by atoms with Crippen LogP contribution in [0.25, 0.3) is 5.69 Å². The molecule has 9 heteroatoms. The van der Waals surface area contributed by atoms with Gasteiger partial charge in [0.1, 0.15) is 0 Å². The lowest BCUT2D eigenvalue weighted by molar-refractivity contribution is -0.137. The van der Waals surface area contributed by atoms with Crippen LogP contribution in [-0.2, 0) is 6.18 Å². The largest absolute Gasteiger partial charge is 0.416 e. The third-order valence-corrected chi connectivity index (χ3v) is 4.27. The summed E-state index contributed by atoms with van der Waals surface area (Å²) in [6.07, 6.45) is -4.43. The van der Waals surface area contributed by atoms with Crippen molar-refractivity contribution in [3.63, 3.8) is 0 Å². The highest BCUT2D eigenvalue weighted by Crippen LogP contribution is 2.29. The van der Waals surface area contributed by atoms with Gasteiger partial charge in [-0.25, -0.2) is 4.68 Å². The van der Waals surface area contributed by atoms with Gasteiger partial charge in [0.2, 0.25) is 0 Å². The Balaban J connectivity index is 1.80. The number of hydrogen-bond donors (Lipinski definition) is 2. The number of carbonyl (C=O) groups excluding carboxylic acids is 1. The summed E-state index contributed by atoms with van der Waals surface area (Å²) in [7, 11) is 0. The smallest absolute Gasteiger partial charge is 0.346 e. The summed E-state index contributed by atoms with van der Waals surface area (Å²) in [5, 5.41) is 5.06. The molecule has 1 aromatic heterocycles. The van der Waals surface area contributed by atoms with E-state index in [0.29, 0.717) is 11.3 Å². The van der Waals surface area contributed by atoms with Gasteiger partial charge in [0.15, 0.2) is 0 Å². The minimum absolute atomic E-state index is 0.220. The lowest BCUT2D eigenvalue weighted by Gasteiger charge is -2.16. The first-order valence-corrected chi connectivity index (χ1v) is 8.56. The minimum atomic E-state index is -4.43. The van der Waals surface area contributed by atoms with E-state index in [2.05, 4.69) is 10.4 Å². The van der Waals surface area contributed by atoms with Crippen LogP contribution in [0.4, 0.5) is 13.2 Å². The van der Waals surface area contributed by atoms with Crippen molar-refractivity contribution in [3.05, 3.63) is 98.1 Å². The molecule has 1 atom stereocenters. The van der Waals surface area contributed by atoms with Crippen LogP contribution in [0.2, 0.25) is 0 Å². The second-order valence-electron chi connectivity index (χ2n) is 6.35. The van der Waals surface area contributed by atoms with Crippen molar-refractivity contribution in [3.8, 4) is 5.69 Å². The molecular weight excluding hydrogens is 387 g/mol. The van der Waals surface area contributed by atoms with Crippen molar-refractivity contribution >= 4 is 5.91 Å². The van der Waals surface area contributed by atoms with E-state index in [0.717, 1.165) is 28.9 Å². The van der Waals surface area contributed by atoms with E-state index in [4.69, 9.17) is 0 Å². The van der Waals surface area contributed by atoms with Gasteiger partial charge in [-0.15, -0.1) is 0 Å². The van der Waals surface area contributed by atoms with Crippen molar-refractivity contribution in [1.82, 2.24) is 15.1 Å². The fraction of sp³-hybridized carbons (Fsp3) is 0.150. The molecule has 0 aliphatic heterocycles. The molecule has 0 bridgehead atoms. The summed E-state index contributed by atoms with van der Waals surface area (Å²) in [6.45, 7) is 1.64. The summed E-state index contributed by atoms with van der Waals surface area (Å²) in [5.41, 5.74) is -0.697. The Morgan fingerprint density at radius 1 is 1.03 bits per heavy atom. The number of carbonyl (C=O) groups is 1. The van der Waals surface area contributed by atoms with Gasteiger partial charge in [0, 0.05) is 17.7 Å². The van der Waals surface area contributed by atoms with Crippen molar-refractivity contribution in [2.45, 2.75) is 19.1 Å². The molecule has 0 saturated heterocycles. The van der Waals surface area contributed by atoms with Gasteiger partial charge in [-0.3, -0.25) is 19.5 Å². The van der Waals surface area contributed by atoms with Crippen LogP contribution in [0.5, 0.6) is 0 Å². The maximum Gasteiger partial charge on any atom is 0.416 e. The number of amides is 1. The van der Waals surface area contributed by atoms with E-state index in [-0.39, 0.29) is 5.56 Å². The summed E-state index contributed by atoms with van der Waals surface area (Å²) < 4.78 is 39.0. The molecule has 1 amide bonds. The standard InChI is InChI=1S/C20H16F3N3O3/c1-12(13-5-7-15(8-6-13)20(21,22)23)24-19(29)14-3-2-4-16(11-14)26-18(28)10-9-17(27)25-26/h2-12H,1H3,(H,24,29)(H,25,27)/t12-/m0/s1. The van der Waals surface area contributed by atoms with Crippen LogP contribution < -0.4 is 16.4 Å². The topological polar surface area (TPSA) is 84.0 Å². The first-order chi connectivity index (χ1) is 13.6. The Hall–Kier alpha value is -3.62. The highest BCUT2D eigenvalue weighted by molar-refractivity contribution is 5.95. The van der Waals surface area contributed by atoms with Crippen LogP contribution in [-0.4, -0.2) is 15.7 Å². The molecule has 0 aliphatic rings.